The fourth-order valence-electron chi connectivity index (χ4n) is 4.79. The van der Waals surface area contributed by atoms with Gasteiger partial charge in [-0.3, -0.25) is 14.4 Å². The highest BCUT2D eigenvalue weighted by atomic mass is 19.4. The lowest BCUT2D eigenvalue weighted by molar-refractivity contribution is -0.141. The van der Waals surface area contributed by atoms with Crippen molar-refractivity contribution in [1.82, 2.24) is 19.3 Å². The lowest BCUT2D eigenvalue weighted by Crippen LogP contribution is -2.43. The minimum absolute atomic E-state index is 0.169. The third-order valence-corrected chi connectivity index (χ3v) is 6.29. The van der Waals surface area contributed by atoms with Crippen LogP contribution < -0.4 is 10.9 Å². The molecular formula is C24H24F3N5O3. The van der Waals surface area contributed by atoms with E-state index in [4.69, 9.17) is 0 Å². The molecule has 3 aromatic rings. The first-order valence-electron chi connectivity index (χ1n) is 11.0. The lowest BCUT2D eigenvalue weighted by atomic mass is 9.58. The molecule has 0 saturated heterocycles. The molecule has 8 nitrogen and oxygen atoms in total. The molecule has 0 unspecified atom stereocenters. The number of ketones is 1. The van der Waals surface area contributed by atoms with Crippen LogP contribution in [0.2, 0.25) is 0 Å². The molecule has 0 radical (unpaired) electrons. The van der Waals surface area contributed by atoms with Gasteiger partial charge in [-0.2, -0.15) is 13.2 Å². The zero-order valence-electron chi connectivity index (χ0n) is 19.4. The van der Waals surface area contributed by atoms with Crippen LogP contribution in [0.1, 0.15) is 58.8 Å². The number of aromatic nitrogens is 4. The molecule has 2 aromatic heterocycles. The SMILES string of the molecule is CC(=O)c1cc(C(=O)Nc2cccc(C3(c4nncn4C)CC(C)C3)c2)c(=O)n(CC(F)(F)F)c1. The van der Waals surface area contributed by atoms with E-state index >= 15 is 0 Å². The molecule has 1 saturated carbocycles. The number of anilines is 1. The fourth-order valence-corrected chi connectivity index (χ4v) is 4.79. The molecule has 35 heavy (non-hydrogen) atoms. The van der Waals surface area contributed by atoms with E-state index in [1.807, 2.05) is 17.7 Å². The van der Waals surface area contributed by atoms with Crippen LogP contribution in [0, 0.1) is 5.92 Å². The van der Waals surface area contributed by atoms with Gasteiger partial charge in [-0.1, -0.05) is 19.1 Å². The number of Topliss-reactive ketones (excluding diaryl/α,β-unsaturated/α-hetero) is 1. The van der Waals surface area contributed by atoms with Crippen molar-refractivity contribution in [3.05, 3.63) is 75.7 Å². The number of aryl methyl sites for hydroxylation is 1. The van der Waals surface area contributed by atoms with Crippen LogP contribution in [0.25, 0.3) is 0 Å². The first-order chi connectivity index (χ1) is 16.4. The molecule has 1 amide bonds. The van der Waals surface area contributed by atoms with E-state index in [-0.39, 0.29) is 11.0 Å². The van der Waals surface area contributed by atoms with Crippen molar-refractivity contribution in [2.24, 2.45) is 13.0 Å². The van der Waals surface area contributed by atoms with Gasteiger partial charge in [0.05, 0.1) is 5.41 Å². The highest BCUT2D eigenvalue weighted by molar-refractivity contribution is 6.05. The second kappa shape index (κ2) is 8.79. The first kappa shape index (κ1) is 24.4. The molecule has 1 N–H and O–H groups in total. The largest absolute Gasteiger partial charge is 0.406 e. The summed E-state index contributed by atoms with van der Waals surface area (Å²) in [7, 11) is 1.86. The molecule has 4 rings (SSSR count). The summed E-state index contributed by atoms with van der Waals surface area (Å²) in [5, 5.41) is 10.9. The summed E-state index contributed by atoms with van der Waals surface area (Å²) in [6.07, 6.45) is -0.591. The third-order valence-electron chi connectivity index (χ3n) is 6.29. The maximum Gasteiger partial charge on any atom is 0.406 e. The number of rotatable bonds is 6. The predicted molar refractivity (Wildman–Crippen MR) is 121 cm³/mol. The maximum absolute atomic E-state index is 13.0. The van der Waals surface area contributed by atoms with E-state index < -0.39 is 35.5 Å². The molecule has 0 atom stereocenters. The highest BCUT2D eigenvalue weighted by Gasteiger charge is 2.48. The Morgan fingerprint density at radius 1 is 1.23 bits per heavy atom. The Kier molecular flexibility index (Phi) is 6.12. The number of carbonyl (C=O) groups excluding carboxylic acids is 2. The van der Waals surface area contributed by atoms with Crippen LogP contribution >= 0.6 is 0 Å². The third kappa shape index (κ3) is 4.75. The normalized spacial score (nSPS) is 19.8. The Bertz CT molecular complexity index is 1350. The molecule has 1 aromatic carbocycles. The summed E-state index contributed by atoms with van der Waals surface area (Å²) in [5.74, 6) is -0.211. The van der Waals surface area contributed by atoms with Crippen LogP contribution in [0.3, 0.4) is 0 Å². The van der Waals surface area contributed by atoms with Gasteiger partial charge in [-0.25, -0.2) is 0 Å². The van der Waals surface area contributed by atoms with Gasteiger partial charge in [0.15, 0.2) is 5.78 Å². The predicted octanol–water partition coefficient (Wildman–Crippen LogP) is 3.71. The van der Waals surface area contributed by atoms with Crippen molar-refractivity contribution in [1.29, 1.82) is 0 Å². The number of pyridine rings is 1. The summed E-state index contributed by atoms with van der Waals surface area (Å²) in [4.78, 5) is 37.4. The molecule has 1 fully saturated rings. The van der Waals surface area contributed by atoms with Gasteiger partial charge in [0.2, 0.25) is 0 Å². The zero-order chi connectivity index (χ0) is 25.5. The van der Waals surface area contributed by atoms with Crippen molar-refractivity contribution >= 4 is 17.4 Å². The van der Waals surface area contributed by atoms with E-state index in [1.54, 1.807) is 24.5 Å². The molecular weight excluding hydrogens is 463 g/mol. The summed E-state index contributed by atoms with van der Waals surface area (Å²) in [5.41, 5.74) is -0.978. The van der Waals surface area contributed by atoms with E-state index in [0.29, 0.717) is 16.2 Å². The summed E-state index contributed by atoms with van der Waals surface area (Å²) < 4.78 is 41.0. The van der Waals surface area contributed by atoms with Crippen LogP contribution in [0.4, 0.5) is 18.9 Å². The van der Waals surface area contributed by atoms with E-state index in [0.717, 1.165) is 43.4 Å². The summed E-state index contributed by atoms with van der Waals surface area (Å²) in [6.45, 7) is 1.67. The number of hydrogen-bond acceptors (Lipinski definition) is 5. The van der Waals surface area contributed by atoms with Gasteiger partial charge in [0.1, 0.15) is 24.3 Å². The van der Waals surface area contributed by atoms with Crippen molar-refractivity contribution < 1.29 is 22.8 Å². The summed E-state index contributed by atoms with van der Waals surface area (Å²) >= 11 is 0. The van der Waals surface area contributed by atoms with Gasteiger partial charge in [-0.15, -0.1) is 10.2 Å². The molecule has 0 aliphatic heterocycles. The van der Waals surface area contributed by atoms with Crippen LogP contribution in [-0.4, -0.2) is 37.2 Å². The molecule has 0 spiro atoms. The number of nitrogens with zero attached hydrogens (tertiary/aromatic N) is 4. The minimum atomic E-state index is -4.70. The second-order valence-corrected chi connectivity index (χ2v) is 9.14. The van der Waals surface area contributed by atoms with E-state index in [9.17, 15) is 27.6 Å². The van der Waals surface area contributed by atoms with Gasteiger partial charge >= 0.3 is 6.18 Å². The molecule has 2 heterocycles. The van der Waals surface area contributed by atoms with Gasteiger partial charge in [0.25, 0.3) is 11.5 Å². The second-order valence-electron chi connectivity index (χ2n) is 9.14. The number of carbonyl (C=O) groups is 2. The minimum Gasteiger partial charge on any atom is -0.322 e. The average Bonchev–Trinajstić information content (AvgIpc) is 3.17. The number of nitrogens with one attached hydrogen (secondary N) is 1. The monoisotopic (exact) mass is 487 g/mol. The van der Waals surface area contributed by atoms with Crippen molar-refractivity contribution in [3.63, 3.8) is 0 Å². The van der Waals surface area contributed by atoms with E-state index in [1.165, 1.54) is 0 Å². The topological polar surface area (TPSA) is 98.9 Å². The number of amides is 1. The van der Waals surface area contributed by atoms with Crippen molar-refractivity contribution in [2.45, 2.75) is 44.8 Å². The number of hydrogen-bond donors (Lipinski definition) is 1. The van der Waals surface area contributed by atoms with Gasteiger partial charge in [0, 0.05) is 24.5 Å². The van der Waals surface area contributed by atoms with Crippen molar-refractivity contribution in [3.8, 4) is 0 Å². The Hall–Kier alpha value is -3.76. The molecule has 11 heteroatoms. The number of alkyl halides is 3. The van der Waals surface area contributed by atoms with Crippen molar-refractivity contribution in [2.75, 3.05) is 5.32 Å². The molecule has 1 aliphatic rings. The standard InChI is InChI=1S/C24H24F3N5O3/c1-14-9-23(10-14,22-30-28-13-31(22)3)17-5-4-6-18(8-17)29-20(34)19-7-16(15(2)33)11-32(21(19)35)12-24(25,26)27/h4-8,11,13-14H,9-10,12H2,1-3H3,(H,29,34). The quantitative estimate of drug-likeness (QED) is 0.535. The Labute approximate surface area is 198 Å². The zero-order valence-corrected chi connectivity index (χ0v) is 19.4. The average molecular weight is 487 g/mol. The Morgan fingerprint density at radius 3 is 2.51 bits per heavy atom. The molecule has 1 aliphatic carbocycles. The van der Waals surface area contributed by atoms with Gasteiger partial charge < -0.3 is 14.5 Å². The number of benzene rings is 1. The maximum atomic E-state index is 13.0. The first-order valence-corrected chi connectivity index (χ1v) is 11.0. The Morgan fingerprint density at radius 2 is 1.94 bits per heavy atom. The van der Waals surface area contributed by atoms with Crippen LogP contribution in [0.5, 0.6) is 0 Å². The lowest BCUT2D eigenvalue weighted by Gasteiger charge is -2.46. The van der Waals surface area contributed by atoms with Crippen LogP contribution in [0.15, 0.2) is 47.7 Å². The van der Waals surface area contributed by atoms with Gasteiger partial charge in [-0.05, 0) is 49.4 Å². The highest BCUT2D eigenvalue weighted by Crippen LogP contribution is 2.51. The molecule has 184 valence electrons. The van der Waals surface area contributed by atoms with E-state index in [2.05, 4.69) is 22.4 Å². The number of halogens is 3. The smallest absolute Gasteiger partial charge is 0.322 e. The fraction of sp³-hybridized carbons (Fsp3) is 0.375. The van der Waals surface area contributed by atoms with Crippen LogP contribution in [-0.2, 0) is 19.0 Å². The summed E-state index contributed by atoms with van der Waals surface area (Å²) in [6, 6.07) is 8.08. The Balaban J connectivity index is 1.68. The molecule has 0 bridgehead atoms.